The van der Waals surface area contributed by atoms with E-state index in [0.29, 0.717) is 28.1 Å². The predicted octanol–water partition coefficient (Wildman–Crippen LogP) is 4.59. The number of carbonyl (C=O) groups is 2. The molecule has 0 radical (unpaired) electrons. The van der Waals surface area contributed by atoms with Gasteiger partial charge in [0.25, 0.3) is 0 Å². The summed E-state index contributed by atoms with van der Waals surface area (Å²) in [5, 5.41) is 3.45. The highest BCUT2D eigenvalue weighted by atomic mass is 79.9. The summed E-state index contributed by atoms with van der Waals surface area (Å²) in [5.74, 6) is -0.737. The van der Waals surface area contributed by atoms with Crippen LogP contribution in [0, 0.1) is 0 Å². The van der Waals surface area contributed by atoms with E-state index in [2.05, 4.69) is 21.2 Å². The highest BCUT2D eigenvalue weighted by Gasteiger charge is 2.32. The van der Waals surface area contributed by atoms with E-state index in [1.54, 1.807) is 48.5 Å². The fourth-order valence-corrected chi connectivity index (χ4v) is 5.06. The number of para-hydroxylation sites is 1. The number of halogens is 2. The molecule has 0 heterocycles. The first-order valence-electron chi connectivity index (χ1n) is 11.1. The molecule has 0 saturated heterocycles. The summed E-state index contributed by atoms with van der Waals surface area (Å²) in [6.45, 7) is 4.08. The monoisotopic (exact) mass is 571 g/mol. The van der Waals surface area contributed by atoms with E-state index in [1.165, 1.54) is 4.90 Å². The van der Waals surface area contributed by atoms with Crippen LogP contribution in [-0.2, 0) is 26.2 Å². The minimum absolute atomic E-state index is 0.142. The zero-order valence-electron chi connectivity index (χ0n) is 19.6. The van der Waals surface area contributed by atoms with Crippen LogP contribution in [0.2, 0.25) is 5.02 Å². The van der Waals surface area contributed by atoms with Crippen LogP contribution in [0.15, 0.2) is 53.0 Å². The maximum atomic E-state index is 13.6. The third-order valence-electron chi connectivity index (χ3n) is 5.28. The molecule has 0 saturated carbocycles. The maximum absolute atomic E-state index is 13.6. The quantitative estimate of drug-likeness (QED) is 0.377. The molecule has 1 N–H and O–H groups in total. The number of sulfonamides is 1. The van der Waals surface area contributed by atoms with E-state index in [4.69, 9.17) is 11.6 Å². The summed E-state index contributed by atoms with van der Waals surface area (Å²) in [7, 11) is -3.78. The molecule has 7 nitrogen and oxygen atoms in total. The Balaban J connectivity index is 2.40. The van der Waals surface area contributed by atoms with Gasteiger partial charge in [-0.05, 0) is 58.6 Å². The van der Waals surface area contributed by atoms with Crippen LogP contribution >= 0.6 is 27.5 Å². The van der Waals surface area contributed by atoms with Crippen molar-refractivity contribution in [1.82, 2.24) is 10.2 Å². The zero-order valence-corrected chi connectivity index (χ0v) is 22.8. The molecule has 2 aromatic rings. The fourth-order valence-electron chi connectivity index (χ4n) is 3.46. The second kappa shape index (κ2) is 13.1. The van der Waals surface area contributed by atoms with Crippen LogP contribution in [0.5, 0.6) is 0 Å². The molecular formula is C24H31BrClN3O4S. The van der Waals surface area contributed by atoms with Crippen LogP contribution in [0.4, 0.5) is 5.69 Å². The van der Waals surface area contributed by atoms with Crippen molar-refractivity contribution in [3.63, 3.8) is 0 Å². The van der Waals surface area contributed by atoms with Gasteiger partial charge in [0.05, 0.1) is 11.9 Å². The van der Waals surface area contributed by atoms with Crippen molar-refractivity contribution >= 4 is 55.1 Å². The van der Waals surface area contributed by atoms with Gasteiger partial charge in [-0.2, -0.15) is 0 Å². The van der Waals surface area contributed by atoms with Crippen molar-refractivity contribution in [3.05, 3.63) is 63.6 Å². The topological polar surface area (TPSA) is 86.8 Å². The van der Waals surface area contributed by atoms with Crippen molar-refractivity contribution in [3.8, 4) is 0 Å². The lowest BCUT2D eigenvalue weighted by Crippen LogP contribution is -2.52. The Labute approximate surface area is 215 Å². The molecule has 0 aliphatic heterocycles. The van der Waals surface area contributed by atoms with Gasteiger partial charge in [-0.25, -0.2) is 8.42 Å². The van der Waals surface area contributed by atoms with Crippen molar-refractivity contribution in [2.45, 2.75) is 45.7 Å². The Bertz CT molecular complexity index is 1080. The van der Waals surface area contributed by atoms with E-state index in [1.807, 2.05) is 13.8 Å². The molecule has 1 atom stereocenters. The van der Waals surface area contributed by atoms with Gasteiger partial charge in [-0.1, -0.05) is 56.1 Å². The SMILES string of the molecule is CCCCNC(=O)[C@H](CC)N(Cc1ccc(Cl)cc1)C(=O)CN(c1ccccc1Br)S(C)(=O)=O. The van der Waals surface area contributed by atoms with Crippen LogP contribution in [0.1, 0.15) is 38.7 Å². The molecule has 0 aliphatic carbocycles. The predicted molar refractivity (Wildman–Crippen MR) is 140 cm³/mol. The third kappa shape index (κ3) is 7.99. The minimum atomic E-state index is -3.78. The minimum Gasteiger partial charge on any atom is -0.354 e. The number of amides is 2. The lowest BCUT2D eigenvalue weighted by atomic mass is 10.1. The Kier molecular flexibility index (Phi) is 10.9. The highest BCUT2D eigenvalue weighted by molar-refractivity contribution is 9.10. The van der Waals surface area contributed by atoms with Gasteiger partial charge in [0, 0.05) is 22.6 Å². The second-order valence-corrected chi connectivity index (χ2v) is 11.1. The average Bonchev–Trinajstić information content (AvgIpc) is 2.78. The highest BCUT2D eigenvalue weighted by Crippen LogP contribution is 2.28. The van der Waals surface area contributed by atoms with Crippen molar-refractivity contribution < 1.29 is 18.0 Å². The van der Waals surface area contributed by atoms with Gasteiger partial charge in [0.1, 0.15) is 12.6 Å². The van der Waals surface area contributed by atoms with E-state index >= 15 is 0 Å². The molecule has 0 bridgehead atoms. The molecule has 186 valence electrons. The molecule has 10 heteroatoms. The largest absolute Gasteiger partial charge is 0.354 e. The molecule has 0 unspecified atom stereocenters. The molecule has 0 fully saturated rings. The van der Waals surface area contributed by atoms with Crippen LogP contribution < -0.4 is 9.62 Å². The molecule has 0 spiro atoms. The number of unbranched alkanes of at least 4 members (excludes halogenated alkanes) is 1. The van der Waals surface area contributed by atoms with Gasteiger partial charge in [-0.15, -0.1) is 0 Å². The molecular weight excluding hydrogens is 542 g/mol. The van der Waals surface area contributed by atoms with E-state index in [9.17, 15) is 18.0 Å². The van der Waals surface area contributed by atoms with Gasteiger partial charge < -0.3 is 10.2 Å². The van der Waals surface area contributed by atoms with E-state index < -0.39 is 28.5 Å². The van der Waals surface area contributed by atoms with Gasteiger partial charge in [-0.3, -0.25) is 13.9 Å². The molecule has 2 amide bonds. The van der Waals surface area contributed by atoms with Gasteiger partial charge in [0.15, 0.2) is 0 Å². The van der Waals surface area contributed by atoms with Crippen LogP contribution in [0.25, 0.3) is 0 Å². The van der Waals surface area contributed by atoms with Crippen molar-refractivity contribution in [1.29, 1.82) is 0 Å². The first-order valence-corrected chi connectivity index (χ1v) is 14.1. The Morgan fingerprint density at radius 3 is 2.29 bits per heavy atom. The van der Waals surface area contributed by atoms with Gasteiger partial charge >= 0.3 is 0 Å². The molecule has 34 heavy (non-hydrogen) atoms. The molecule has 2 aromatic carbocycles. The summed E-state index contributed by atoms with van der Waals surface area (Å²) >= 11 is 9.37. The summed E-state index contributed by atoms with van der Waals surface area (Å²) in [6, 6.07) is 13.0. The number of hydrogen-bond donors (Lipinski definition) is 1. The summed E-state index contributed by atoms with van der Waals surface area (Å²) < 4.78 is 26.8. The molecule has 0 aromatic heterocycles. The van der Waals surface area contributed by atoms with Crippen molar-refractivity contribution in [2.75, 3.05) is 23.7 Å². The number of hydrogen-bond acceptors (Lipinski definition) is 4. The Hall–Kier alpha value is -2.10. The average molecular weight is 573 g/mol. The van der Waals surface area contributed by atoms with Crippen molar-refractivity contribution in [2.24, 2.45) is 0 Å². The van der Waals surface area contributed by atoms with Crippen LogP contribution in [0.3, 0.4) is 0 Å². The lowest BCUT2D eigenvalue weighted by molar-refractivity contribution is -0.140. The second-order valence-electron chi connectivity index (χ2n) is 7.94. The number of nitrogens with zero attached hydrogens (tertiary/aromatic N) is 2. The molecule has 2 rings (SSSR count). The number of nitrogens with one attached hydrogen (secondary N) is 1. The maximum Gasteiger partial charge on any atom is 0.244 e. The fraction of sp³-hybridized carbons (Fsp3) is 0.417. The van der Waals surface area contributed by atoms with E-state index in [-0.39, 0.29) is 12.5 Å². The van der Waals surface area contributed by atoms with E-state index in [0.717, 1.165) is 29.0 Å². The normalized spacial score (nSPS) is 12.1. The van der Waals surface area contributed by atoms with Gasteiger partial charge in [0.2, 0.25) is 21.8 Å². The number of benzene rings is 2. The summed E-state index contributed by atoms with van der Waals surface area (Å²) in [4.78, 5) is 28.0. The Morgan fingerprint density at radius 1 is 1.09 bits per heavy atom. The van der Waals surface area contributed by atoms with Crippen LogP contribution in [-0.4, -0.2) is 50.5 Å². The molecule has 0 aliphatic rings. The number of anilines is 1. The number of rotatable bonds is 12. The Morgan fingerprint density at radius 2 is 1.74 bits per heavy atom. The zero-order chi connectivity index (χ0) is 25.3. The first-order chi connectivity index (χ1) is 16.1. The third-order valence-corrected chi connectivity index (χ3v) is 7.33. The first kappa shape index (κ1) is 28.1. The summed E-state index contributed by atoms with van der Waals surface area (Å²) in [6.07, 6.45) is 3.19. The lowest BCUT2D eigenvalue weighted by Gasteiger charge is -2.33. The standard InChI is InChI=1S/C24H31BrClN3O4S/c1-4-6-15-27-24(31)21(5-2)28(16-18-11-13-19(26)14-12-18)23(30)17-29(34(3,32)33)22-10-8-7-9-20(22)25/h7-14,21H,4-6,15-17H2,1-3H3,(H,27,31)/t21-/m0/s1. The number of carbonyl (C=O) groups excluding carboxylic acids is 2. The smallest absolute Gasteiger partial charge is 0.244 e. The summed E-state index contributed by atoms with van der Waals surface area (Å²) in [5.41, 5.74) is 1.13.